The number of benzene rings is 1. The van der Waals surface area contributed by atoms with Gasteiger partial charge in [0.2, 0.25) is 0 Å². The van der Waals surface area contributed by atoms with Gasteiger partial charge >= 0.3 is 5.97 Å². The Morgan fingerprint density at radius 1 is 1.42 bits per heavy atom. The van der Waals surface area contributed by atoms with Gasteiger partial charge in [0.1, 0.15) is 5.75 Å². The van der Waals surface area contributed by atoms with Gasteiger partial charge in [0.15, 0.2) is 6.04 Å². The van der Waals surface area contributed by atoms with Crippen molar-refractivity contribution in [1.82, 2.24) is 5.32 Å². The lowest BCUT2D eigenvalue weighted by atomic mass is 10.2. The zero-order valence-electron chi connectivity index (χ0n) is 10.9. The monoisotopic (exact) mass is 267 g/mol. The summed E-state index contributed by atoms with van der Waals surface area (Å²) in [6.07, 6.45) is 0. The summed E-state index contributed by atoms with van der Waals surface area (Å²) in [5.74, 6) is -1.06. The Balaban J connectivity index is 2.76. The van der Waals surface area contributed by atoms with Gasteiger partial charge in [-0.05, 0) is 25.1 Å². The molecule has 0 saturated heterocycles. The molecule has 0 aliphatic rings. The molecule has 0 fully saturated rings. The fourth-order valence-electron chi connectivity index (χ4n) is 1.48. The smallest absolute Gasteiger partial charge is 0.328 e. The Hall–Kier alpha value is -2.08. The van der Waals surface area contributed by atoms with E-state index in [1.54, 1.807) is 24.3 Å². The van der Waals surface area contributed by atoms with E-state index >= 15 is 0 Å². The number of nitrogens with one attached hydrogen (secondary N) is 1. The molecular weight excluding hydrogens is 250 g/mol. The molecule has 0 aliphatic carbocycles. The number of rotatable bonds is 7. The van der Waals surface area contributed by atoms with Crippen molar-refractivity contribution in [1.29, 1.82) is 0 Å². The van der Waals surface area contributed by atoms with Crippen LogP contribution in [-0.2, 0) is 9.53 Å². The van der Waals surface area contributed by atoms with Crippen molar-refractivity contribution in [3.8, 4) is 5.75 Å². The van der Waals surface area contributed by atoms with Gasteiger partial charge in [-0.3, -0.25) is 4.79 Å². The van der Waals surface area contributed by atoms with E-state index in [2.05, 4.69) is 5.32 Å². The van der Waals surface area contributed by atoms with Crippen molar-refractivity contribution < 1.29 is 24.2 Å². The van der Waals surface area contributed by atoms with Gasteiger partial charge in [-0.15, -0.1) is 0 Å². The summed E-state index contributed by atoms with van der Waals surface area (Å²) in [6, 6.07) is 5.47. The van der Waals surface area contributed by atoms with Crippen molar-refractivity contribution in [3.05, 3.63) is 29.8 Å². The average molecular weight is 267 g/mol. The highest BCUT2D eigenvalue weighted by molar-refractivity contribution is 5.96. The van der Waals surface area contributed by atoms with Gasteiger partial charge in [-0.1, -0.05) is 6.07 Å². The standard InChI is InChI=1S/C13H17NO5/c1-3-19-10-6-4-5-9(7-10)12(15)14-11(8-18-2)13(16)17/h4-7,11H,3,8H2,1-2H3,(H,14,15)(H,16,17). The van der Waals surface area contributed by atoms with E-state index in [4.69, 9.17) is 14.6 Å². The third-order valence-electron chi connectivity index (χ3n) is 2.34. The van der Waals surface area contributed by atoms with Crippen LogP contribution in [0, 0.1) is 0 Å². The van der Waals surface area contributed by atoms with E-state index < -0.39 is 17.9 Å². The largest absolute Gasteiger partial charge is 0.494 e. The molecule has 0 heterocycles. The van der Waals surface area contributed by atoms with Gasteiger partial charge in [0.25, 0.3) is 5.91 Å². The number of ether oxygens (including phenoxy) is 2. The van der Waals surface area contributed by atoms with Crippen LogP contribution in [0.25, 0.3) is 0 Å². The molecule has 1 aromatic rings. The van der Waals surface area contributed by atoms with Crippen LogP contribution in [-0.4, -0.2) is 43.3 Å². The fourth-order valence-corrected chi connectivity index (χ4v) is 1.48. The number of carbonyl (C=O) groups excluding carboxylic acids is 1. The third-order valence-corrected chi connectivity index (χ3v) is 2.34. The molecule has 1 unspecified atom stereocenters. The molecule has 6 nitrogen and oxygen atoms in total. The minimum atomic E-state index is -1.14. The van der Waals surface area contributed by atoms with Crippen molar-refractivity contribution in [3.63, 3.8) is 0 Å². The van der Waals surface area contributed by atoms with E-state index in [1.165, 1.54) is 7.11 Å². The van der Waals surface area contributed by atoms with Crippen LogP contribution >= 0.6 is 0 Å². The second-order valence-corrected chi connectivity index (χ2v) is 3.78. The van der Waals surface area contributed by atoms with Gasteiger partial charge < -0.3 is 19.9 Å². The van der Waals surface area contributed by atoms with Crippen LogP contribution in [0.3, 0.4) is 0 Å². The van der Waals surface area contributed by atoms with Gasteiger partial charge in [-0.2, -0.15) is 0 Å². The Morgan fingerprint density at radius 2 is 2.16 bits per heavy atom. The second-order valence-electron chi connectivity index (χ2n) is 3.78. The maximum absolute atomic E-state index is 11.9. The minimum Gasteiger partial charge on any atom is -0.494 e. The number of amides is 1. The third kappa shape index (κ3) is 4.59. The lowest BCUT2D eigenvalue weighted by molar-refractivity contribution is -0.140. The normalized spacial score (nSPS) is 11.7. The first-order valence-corrected chi connectivity index (χ1v) is 5.84. The molecule has 0 aliphatic heterocycles. The van der Waals surface area contributed by atoms with Gasteiger partial charge in [0, 0.05) is 12.7 Å². The first-order valence-electron chi connectivity index (χ1n) is 5.84. The molecular formula is C13H17NO5. The van der Waals surface area contributed by atoms with E-state index in [9.17, 15) is 9.59 Å². The van der Waals surface area contributed by atoms with Gasteiger partial charge in [0.05, 0.1) is 13.2 Å². The molecule has 0 bridgehead atoms. The van der Waals surface area contributed by atoms with E-state index in [1.807, 2.05) is 6.92 Å². The molecule has 2 N–H and O–H groups in total. The summed E-state index contributed by atoms with van der Waals surface area (Å²) in [6.45, 7) is 2.24. The van der Waals surface area contributed by atoms with E-state index in [-0.39, 0.29) is 6.61 Å². The number of carboxylic acid groups (broad SMARTS) is 1. The van der Waals surface area contributed by atoms with Crippen molar-refractivity contribution >= 4 is 11.9 Å². The topological polar surface area (TPSA) is 84.9 Å². The zero-order valence-corrected chi connectivity index (χ0v) is 10.9. The van der Waals surface area contributed by atoms with E-state index in [0.717, 1.165) is 0 Å². The number of methoxy groups -OCH3 is 1. The van der Waals surface area contributed by atoms with Crippen molar-refractivity contribution in [2.75, 3.05) is 20.3 Å². The number of hydrogen-bond acceptors (Lipinski definition) is 4. The maximum atomic E-state index is 11.9. The minimum absolute atomic E-state index is 0.0910. The second kappa shape index (κ2) is 7.38. The van der Waals surface area contributed by atoms with Crippen LogP contribution in [0.5, 0.6) is 5.75 Å². The summed E-state index contributed by atoms with van der Waals surface area (Å²) in [5.41, 5.74) is 0.341. The quantitative estimate of drug-likeness (QED) is 0.767. The Bertz CT molecular complexity index is 446. The molecule has 6 heteroatoms. The molecule has 0 spiro atoms. The average Bonchev–Trinajstić information content (AvgIpc) is 2.38. The Morgan fingerprint density at radius 3 is 2.74 bits per heavy atom. The van der Waals surface area contributed by atoms with Crippen molar-refractivity contribution in [2.45, 2.75) is 13.0 Å². The molecule has 1 aromatic carbocycles. The van der Waals surface area contributed by atoms with Crippen LogP contribution in [0.1, 0.15) is 17.3 Å². The lowest BCUT2D eigenvalue weighted by Gasteiger charge is -2.13. The first-order chi connectivity index (χ1) is 9.08. The zero-order chi connectivity index (χ0) is 14.3. The molecule has 0 saturated carbocycles. The predicted octanol–water partition coefficient (Wildman–Crippen LogP) is 0.915. The predicted molar refractivity (Wildman–Crippen MR) is 68.4 cm³/mol. The Kier molecular flexibility index (Phi) is 5.81. The van der Waals surface area contributed by atoms with Crippen LogP contribution < -0.4 is 10.1 Å². The summed E-state index contributed by atoms with van der Waals surface area (Å²) in [5, 5.41) is 11.3. The molecule has 104 valence electrons. The van der Waals surface area contributed by atoms with E-state index in [0.29, 0.717) is 17.9 Å². The molecule has 1 amide bonds. The molecule has 1 atom stereocenters. The molecule has 19 heavy (non-hydrogen) atoms. The summed E-state index contributed by atoms with van der Waals surface area (Å²) >= 11 is 0. The highest BCUT2D eigenvalue weighted by atomic mass is 16.5. The highest BCUT2D eigenvalue weighted by Gasteiger charge is 2.20. The Labute approximate surface area is 111 Å². The first kappa shape index (κ1) is 15.0. The van der Waals surface area contributed by atoms with Crippen LogP contribution in [0.4, 0.5) is 0 Å². The number of carboxylic acids is 1. The fraction of sp³-hybridized carbons (Fsp3) is 0.385. The number of carbonyl (C=O) groups is 2. The van der Waals surface area contributed by atoms with Gasteiger partial charge in [-0.25, -0.2) is 4.79 Å². The summed E-state index contributed by atoms with van der Waals surface area (Å²) < 4.78 is 10.0. The number of hydrogen-bond donors (Lipinski definition) is 2. The summed E-state index contributed by atoms with van der Waals surface area (Å²) in [4.78, 5) is 22.8. The van der Waals surface area contributed by atoms with Crippen LogP contribution in [0.2, 0.25) is 0 Å². The summed E-state index contributed by atoms with van der Waals surface area (Å²) in [7, 11) is 1.37. The molecule has 0 aromatic heterocycles. The number of aliphatic carboxylic acids is 1. The SMILES string of the molecule is CCOc1cccc(C(=O)NC(COC)C(=O)O)c1. The van der Waals surface area contributed by atoms with Crippen LogP contribution in [0.15, 0.2) is 24.3 Å². The molecule has 1 rings (SSSR count). The maximum Gasteiger partial charge on any atom is 0.328 e. The molecule has 0 radical (unpaired) electrons. The highest BCUT2D eigenvalue weighted by Crippen LogP contribution is 2.13. The lowest BCUT2D eigenvalue weighted by Crippen LogP contribution is -2.43. The van der Waals surface area contributed by atoms with Crippen molar-refractivity contribution in [2.24, 2.45) is 0 Å².